The number of hydrogen-bond acceptors (Lipinski definition) is 5. The molecule has 148 valence electrons. The largest absolute Gasteiger partial charge is 0.419 e. The Bertz CT molecular complexity index is 1240. The van der Waals surface area contributed by atoms with Crippen molar-refractivity contribution in [1.82, 2.24) is 9.47 Å². The number of rotatable bonds is 4. The number of thiophene rings is 2. The number of nitrogens with zero attached hydrogens (tertiary/aromatic N) is 2. The topological polar surface area (TPSA) is 55.5 Å². The van der Waals surface area contributed by atoms with Gasteiger partial charge in [-0.05, 0) is 47.0 Å². The van der Waals surface area contributed by atoms with Crippen LogP contribution in [0.25, 0.3) is 11.1 Å². The summed E-state index contributed by atoms with van der Waals surface area (Å²) in [4.78, 5) is 29.9. The first-order chi connectivity index (χ1) is 14.1. The number of carbonyl (C=O) groups excluding carboxylic acids is 1. The number of amides is 1. The second kappa shape index (κ2) is 7.48. The van der Waals surface area contributed by atoms with E-state index in [9.17, 15) is 9.59 Å². The molecule has 1 aromatic carbocycles. The number of halogens is 1. The molecule has 0 N–H and O–H groups in total. The Kier molecular flexibility index (Phi) is 4.81. The van der Waals surface area contributed by atoms with E-state index in [2.05, 4.69) is 17.5 Å². The summed E-state index contributed by atoms with van der Waals surface area (Å²) in [5, 5.41) is 4.65. The highest BCUT2D eigenvalue weighted by Crippen LogP contribution is 2.39. The maximum absolute atomic E-state index is 13.2. The summed E-state index contributed by atoms with van der Waals surface area (Å²) in [5.41, 5.74) is 2.31. The minimum atomic E-state index is -0.469. The molecule has 0 bridgehead atoms. The molecule has 3 aromatic heterocycles. The Morgan fingerprint density at radius 1 is 1.21 bits per heavy atom. The third kappa shape index (κ3) is 3.33. The third-order valence-corrected chi connectivity index (χ3v) is 7.43. The lowest BCUT2D eigenvalue weighted by Gasteiger charge is -2.35. The predicted molar refractivity (Wildman–Crippen MR) is 116 cm³/mol. The van der Waals surface area contributed by atoms with Gasteiger partial charge in [-0.1, -0.05) is 17.7 Å². The standard InChI is InChI=1S/C21H17ClN2O3S2/c22-13-3-4-15-16(12-13)27-21(26)23(15)9-6-19(25)24-8-5-17-14(7-11-29-17)20(24)18-2-1-10-28-18/h1-4,7,10-12,20H,5-6,8-9H2/t20-/m1/s1. The molecule has 4 aromatic rings. The van der Waals surface area contributed by atoms with Crippen LogP contribution in [0, 0.1) is 0 Å². The van der Waals surface area contributed by atoms with Crippen LogP contribution < -0.4 is 5.76 Å². The number of benzene rings is 1. The number of carbonyl (C=O) groups is 1. The van der Waals surface area contributed by atoms with Crippen LogP contribution in [-0.2, 0) is 17.8 Å². The van der Waals surface area contributed by atoms with Crippen LogP contribution in [0.4, 0.5) is 0 Å². The molecule has 0 radical (unpaired) electrons. The molecule has 5 rings (SSSR count). The zero-order valence-corrected chi connectivity index (χ0v) is 17.7. The Morgan fingerprint density at radius 3 is 2.93 bits per heavy atom. The summed E-state index contributed by atoms with van der Waals surface area (Å²) >= 11 is 9.40. The van der Waals surface area contributed by atoms with Crippen molar-refractivity contribution < 1.29 is 9.21 Å². The molecule has 5 nitrogen and oxygen atoms in total. The van der Waals surface area contributed by atoms with Crippen molar-refractivity contribution in [3.05, 3.63) is 78.0 Å². The van der Waals surface area contributed by atoms with Gasteiger partial charge in [0, 0.05) is 40.4 Å². The Labute approximate surface area is 179 Å². The fraction of sp³-hybridized carbons (Fsp3) is 0.238. The molecule has 0 saturated carbocycles. The van der Waals surface area contributed by atoms with Crippen molar-refractivity contribution in [1.29, 1.82) is 0 Å². The van der Waals surface area contributed by atoms with Crippen LogP contribution in [0.3, 0.4) is 0 Å². The normalized spacial score (nSPS) is 16.3. The van der Waals surface area contributed by atoms with Gasteiger partial charge in [0.25, 0.3) is 0 Å². The van der Waals surface area contributed by atoms with Gasteiger partial charge in [-0.15, -0.1) is 22.7 Å². The maximum Gasteiger partial charge on any atom is 0.419 e. The second-order valence-electron chi connectivity index (χ2n) is 6.94. The lowest BCUT2D eigenvalue weighted by atomic mass is 9.98. The fourth-order valence-electron chi connectivity index (χ4n) is 3.94. The van der Waals surface area contributed by atoms with Crippen molar-refractivity contribution in [2.24, 2.45) is 0 Å². The van der Waals surface area contributed by atoms with Crippen LogP contribution in [0.1, 0.15) is 27.8 Å². The summed E-state index contributed by atoms with van der Waals surface area (Å²) in [6.07, 6.45) is 1.10. The van der Waals surface area contributed by atoms with Crippen LogP contribution in [0.2, 0.25) is 5.02 Å². The Balaban J connectivity index is 1.41. The highest BCUT2D eigenvalue weighted by atomic mass is 35.5. The zero-order valence-electron chi connectivity index (χ0n) is 15.3. The minimum absolute atomic E-state index is 0.0375. The summed E-state index contributed by atoms with van der Waals surface area (Å²) in [6.45, 7) is 0.960. The first-order valence-corrected chi connectivity index (χ1v) is 11.4. The van der Waals surface area contributed by atoms with Gasteiger partial charge in [-0.2, -0.15) is 0 Å². The smallest absolute Gasteiger partial charge is 0.408 e. The molecule has 29 heavy (non-hydrogen) atoms. The Morgan fingerprint density at radius 2 is 2.10 bits per heavy atom. The number of aryl methyl sites for hydroxylation is 1. The molecule has 1 aliphatic heterocycles. The fourth-order valence-corrected chi connectivity index (χ4v) is 5.86. The van der Waals surface area contributed by atoms with E-state index in [0.717, 1.165) is 6.42 Å². The molecule has 0 fully saturated rings. The van der Waals surface area contributed by atoms with E-state index < -0.39 is 5.76 Å². The number of aromatic nitrogens is 1. The summed E-state index contributed by atoms with van der Waals surface area (Å²) in [5.74, 6) is -0.431. The molecule has 1 aliphatic rings. The van der Waals surface area contributed by atoms with Gasteiger partial charge in [0.2, 0.25) is 5.91 Å². The van der Waals surface area contributed by atoms with E-state index in [-0.39, 0.29) is 24.9 Å². The highest BCUT2D eigenvalue weighted by Gasteiger charge is 2.33. The van der Waals surface area contributed by atoms with Crippen molar-refractivity contribution in [2.75, 3.05) is 6.54 Å². The van der Waals surface area contributed by atoms with Crippen molar-refractivity contribution in [2.45, 2.75) is 25.4 Å². The van der Waals surface area contributed by atoms with Crippen LogP contribution >= 0.6 is 34.3 Å². The average molecular weight is 445 g/mol. The lowest BCUT2D eigenvalue weighted by molar-refractivity contribution is -0.133. The Hall–Kier alpha value is -2.35. The summed E-state index contributed by atoms with van der Waals surface area (Å²) in [6, 6.07) is 11.3. The van der Waals surface area contributed by atoms with Gasteiger partial charge >= 0.3 is 5.76 Å². The molecule has 1 amide bonds. The number of oxazole rings is 1. The molecule has 1 atom stereocenters. The van der Waals surface area contributed by atoms with Crippen LogP contribution in [0.5, 0.6) is 0 Å². The quantitative estimate of drug-likeness (QED) is 0.448. The summed E-state index contributed by atoms with van der Waals surface area (Å²) < 4.78 is 6.78. The molecule has 0 saturated heterocycles. The van der Waals surface area contributed by atoms with E-state index in [1.54, 1.807) is 40.9 Å². The predicted octanol–water partition coefficient (Wildman–Crippen LogP) is 4.94. The second-order valence-corrected chi connectivity index (χ2v) is 9.35. The third-order valence-electron chi connectivity index (χ3n) is 5.28. The molecule has 8 heteroatoms. The number of hydrogen-bond donors (Lipinski definition) is 0. The van der Waals surface area contributed by atoms with Gasteiger partial charge in [0.1, 0.15) is 0 Å². The molecule has 0 unspecified atom stereocenters. The molecule has 0 spiro atoms. The zero-order chi connectivity index (χ0) is 20.0. The van der Waals surface area contributed by atoms with Crippen molar-refractivity contribution in [3.8, 4) is 0 Å². The van der Waals surface area contributed by atoms with Crippen molar-refractivity contribution in [3.63, 3.8) is 0 Å². The SMILES string of the molecule is O=C(CCn1c(=O)oc2cc(Cl)ccc21)N1CCc2sccc2[C@@H]1c1cccs1. The molecule has 0 aliphatic carbocycles. The van der Waals surface area contributed by atoms with Gasteiger partial charge in [0.15, 0.2) is 5.58 Å². The minimum Gasteiger partial charge on any atom is -0.408 e. The summed E-state index contributed by atoms with van der Waals surface area (Å²) in [7, 11) is 0. The van der Waals surface area contributed by atoms with E-state index in [0.29, 0.717) is 22.7 Å². The number of fused-ring (bicyclic) bond motifs is 2. The molecular weight excluding hydrogens is 428 g/mol. The maximum atomic E-state index is 13.2. The first kappa shape index (κ1) is 18.7. The van der Waals surface area contributed by atoms with E-state index in [4.69, 9.17) is 16.0 Å². The first-order valence-electron chi connectivity index (χ1n) is 9.30. The highest BCUT2D eigenvalue weighted by molar-refractivity contribution is 7.10. The van der Waals surface area contributed by atoms with Gasteiger partial charge in [-0.3, -0.25) is 9.36 Å². The van der Waals surface area contributed by atoms with Crippen molar-refractivity contribution >= 4 is 51.3 Å². The average Bonchev–Trinajstić information content (AvgIpc) is 3.44. The lowest BCUT2D eigenvalue weighted by Crippen LogP contribution is -2.40. The van der Waals surface area contributed by atoms with E-state index in [1.807, 2.05) is 16.3 Å². The van der Waals surface area contributed by atoms with E-state index >= 15 is 0 Å². The van der Waals surface area contributed by atoms with Gasteiger partial charge in [-0.25, -0.2) is 4.79 Å². The van der Waals surface area contributed by atoms with E-state index in [1.165, 1.54) is 19.9 Å². The van der Waals surface area contributed by atoms with Gasteiger partial charge in [0.05, 0.1) is 11.6 Å². The van der Waals surface area contributed by atoms with Crippen LogP contribution in [0.15, 0.2) is 56.4 Å². The van der Waals surface area contributed by atoms with Gasteiger partial charge < -0.3 is 9.32 Å². The molecular formula is C21H17ClN2O3S2. The monoisotopic (exact) mass is 444 g/mol. The molecule has 4 heterocycles. The van der Waals surface area contributed by atoms with Crippen LogP contribution in [-0.4, -0.2) is 21.9 Å².